The molecule has 0 aliphatic heterocycles. The number of ether oxygens (including phenoxy) is 2. The summed E-state index contributed by atoms with van der Waals surface area (Å²) in [7, 11) is 1.59. The van der Waals surface area contributed by atoms with Crippen molar-refractivity contribution in [3.63, 3.8) is 0 Å². The molecular formula is C28H31N3O3. The second kappa shape index (κ2) is 11.4. The molecule has 6 heteroatoms. The molecule has 4 rings (SSSR count). The van der Waals surface area contributed by atoms with Crippen LogP contribution in [-0.2, 0) is 13.0 Å². The van der Waals surface area contributed by atoms with E-state index in [0.29, 0.717) is 30.9 Å². The summed E-state index contributed by atoms with van der Waals surface area (Å²) in [4.78, 5) is 17.4. The fraction of sp³-hybridized carbons (Fsp3) is 0.286. The Kier molecular flexibility index (Phi) is 7.81. The first-order valence-electron chi connectivity index (χ1n) is 11.7. The van der Waals surface area contributed by atoms with Crippen LogP contribution in [0.3, 0.4) is 0 Å². The van der Waals surface area contributed by atoms with E-state index in [2.05, 4.69) is 35.0 Å². The number of hydrogen-bond acceptors (Lipinski definition) is 4. The largest absolute Gasteiger partial charge is 0.497 e. The zero-order chi connectivity index (χ0) is 23.8. The lowest BCUT2D eigenvalue weighted by molar-refractivity contribution is 0.0953. The Morgan fingerprint density at radius 3 is 2.65 bits per heavy atom. The number of hydrogen-bond donors (Lipinski definition) is 1. The number of rotatable bonds is 11. The maximum Gasteiger partial charge on any atom is 0.251 e. The number of nitrogens with zero attached hydrogens (tertiary/aromatic N) is 2. The predicted octanol–water partition coefficient (Wildman–Crippen LogP) is 5.19. The normalized spacial score (nSPS) is 10.9. The maximum atomic E-state index is 12.5. The van der Waals surface area contributed by atoms with Crippen LogP contribution in [0.2, 0.25) is 0 Å². The van der Waals surface area contributed by atoms with Gasteiger partial charge in [0.25, 0.3) is 5.91 Å². The van der Waals surface area contributed by atoms with E-state index in [4.69, 9.17) is 14.5 Å². The average Bonchev–Trinajstić information content (AvgIpc) is 3.21. The second-order valence-corrected chi connectivity index (χ2v) is 8.28. The highest BCUT2D eigenvalue weighted by atomic mass is 16.5. The molecular weight excluding hydrogens is 426 g/mol. The van der Waals surface area contributed by atoms with Gasteiger partial charge in [0, 0.05) is 25.1 Å². The van der Waals surface area contributed by atoms with Crippen LogP contribution in [0.4, 0.5) is 0 Å². The minimum Gasteiger partial charge on any atom is -0.497 e. The number of benzene rings is 3. The molecule has 0 unspecified atom stereocenters. The third kappa shape index (κ3) is 5.95. The van der Waals surface area contributed by atoms with Crippen LogP contribution in [0.1, 0.15) is 34.6 Å². The summed E-state index contributed by atoms with van der Waals surface area (Å²) in [6, 6.07) is 23.5. The van der Waals surface area contributed by atoms with Crippen molar-refractivity contribution in [1.82, 2.24) is 14.9 Å². The Balaban J connectivity index is 1.33. The summed E-state index contributed by atoms with van der Waals surface area (Å²) in [6.07, 6.45) is 2.59. The van der Waals surface area contributed by atoms with E-state index in [0.717, 1.165) is 42.0 Å². The summed E-state index contributed by atoms with van der Waals surface area (Å²) >= 11 is 0. The van der Waals surface area contributed by atoms with Gasteiger partial charge in [-0.25, -0.2) is 4.98 Å². The number of methoxy groups -OCH3 is 1. The highest BCUT2D eigenvalue weighted by molar-refractivity contribution is 5.94. The van der Waals surface area contributed by atoms with Crippen molar-refractivity contribution in [3.05, 3.63) is 89.7 Å². The molecule has 0 saturated carbocycles. The van der Waals surface area contributed by atoms with Gasteiger partial charge in [0.15, 0.2) is 0 Å². The molecule has 4 aromatic rings. The molecule has 1 N–H and O–H groups in total. The van der Waals surface area contributed by atoms with Crippen molar-refractivity contribution < 1.29 is 14.3 Å². The first-order chi connectivity index (χ1) is 16.6. The molecule has 1 aromatic heterocycles. The van der Waals surface area contributed by atoms with Crippen molar-refractivity contribution >= 4 is 16.9 Å². The van der Waals surface area contributed by atoms with E-state index in [1.165, 1.54) is 5.56 Å². The van der Waals surface area contributed by atoms with Crippen molar-refractivity contribution in [2.24, 2.45) is 0 Å². The van der Waals surface area contributed by atoms with E-state index < -0.39 is 0 Å². The van der Waals surface area contributed by atoms with Crippen LogP contribution >= 0.6 is 0 Å². The molecule has 1 heterocycles. The summed E-state index contributed by atoms with van der Waals surface area (Å²) in [5.74, 6) is 2.45. The molecule has 0 bridgehead atoms. The van der Waals surface area contributed by atoms with Crippen molar-refractivity contribution in [2.75, 3.05) is 20.3 Å². The maximum absolute atomic E-state index is 12.5. The van der Waals surface area contributed by atoms with Gasteiger partial charge in [0.1, 0.15) is 17.3 Å². The number of fused-ring (bicyclic) bond motifs is 1. The quantitative estimate of drug-likeness (QED) is 0.315. The van der Waals surface area contributed by atoms with Gasteiger partial charge in [-0.3, -0.25) is 4.79 Å². The second-order valence-electron chi connectivity index (χ2n) is 8.28. The molecule has 6 nitrogen and oxygen atoms in total. The molecule has 34 heavy (non-hydrogen) atoms. The number of aromatic nitrogens is 2. The molecule has 0 spiro atoms. The average molecular weight is 458 g/mol. The van der Waals surface area contributed by atoms with Crippen LogP contribution in [0.15, 0.2) is 72.8 Å². The van der Waals surface area contributed by atoms with E-state index in [9.17, 15) is 4.79 Å². The number of imidazole rings is 1. The molecule has 1 amide bonds. The Labute approximate surface area is 200 Å². The number of amides is 1. The van der Waals surface area contributed by atoms with Crippen LogP contribution in [0.5, 0.6) is 11.5 Å². The van der Waals surface area contributed by atoms with Gasteiger partial charge in [0.05, 0.1) is 24.8 Å². The molecule has 0 aliphatic carbocycles. The lowest BCUT2D eigenvalue weighted by atomic mass is 10.2. The molecule has 0 saturated heterocycles. The van der Waals surface area contributed by atoms with E-state index >= 15 is 0 Å². The topological polar surface area (TPSA) is 65.4 Å². The zero-order valence-electron chi connectivity index (χ0n) is 19.8. The zero-order valence-corrected chi connectivity index (χ0v) is 19.8. The lowest BCUT2D eigenvalue weighted by Crippen LogP contribution is -2.26. The summed E-state index contributed by atoms with van der Waals surface area (Å²) in [6.45, 7) is 4.12. The van der Waals surface area contributed by atoms with Crippen LogP contribution in [0, 0.1) is 6.92 Å². The summed E-state index contributed by atoms with van der Waals surface area (Å²) in [5, 5.41) is 3.00. The fourth-order valence-corrected chi connectivity index (χ4v) is 3.99. The van der Waals surface area contributed by atoms with Crippen molar-refractivity contribution in [1.29, 1.82) is 0 Å². The Hall–Kier alpha value is -3.80. The smallest absolute Gasteiger partial charge is 0.251 e. The van der Waals surface area contributed by atoms with E-state index in [-0.39, 0.29) is 5.91 Å². The standard InChI is InChI=1S/C28H31N3O3/c1-21-9-7-12-24(19-21)34-18-6-5-17-31-26-14-4-3-13-25(26)30-27(31)15-16-29-28(32)22-10-8-11-23(20-22)33-2/h3-4,7-14,19-20H,5-6,15-18H2,1-2H3,(H,29,32). The van der Waals surface area contributed by atoms with E-state index in [1.54, 1.807) is 19.2 Å². The predicted molar refractivity (Wildman–Crippen MR) is 135 cm³/mol. The highest BCUT2D eigenvalue weighted by Crippen LogP contribution is 2.18. The highest BCUT2D eigenvalue weighted by Gasteiger charge is 2.12. The lowest BCUT2D eigenvalue weighted by Gasteiger charge is -2.11. The first kappa shape index (κ1) is 23.4. The van der Waals surface area contributed by atoms with Gasteiger partial charge in [0.2, 0.25) is 0 Å². The molecule has 176 valence electrons. The van der Waals surface area contributed by atoms with Crippen molar-refractivity contribution in [2.45, 2.75) is 32.7 Å². The van der Waals surface area contributed by atoms with Crippen LogP contribution in [0.25, 0.3) is 11.0 Å². The number of nitrogens with one attached hydrogen (secondary N) is 1. The van der Waals surface area contributed by atoms with Gasteiger partial charge in [-0.1, -0.05) is 30.3 Å². The molecule has 3 aromatic carbocycles. The van der Waals surface area contributed by atoms with Crippen molar-refractivity contribution in [3.8, 4) is 11.5 Å². The van der Waals surface area contributed by atoms with Gasteiger partial charge in [-0.15, -0.1) is 0 Å². The van der Waals surface area contributed by atoms with E-state index in [1.807, 2.05) is 42.5 Å². The molecule has 0 radical (unpaired) electrons. The fourth-order valence-electron chi connectivity index (χ4n) is 3.99. The third-order valence-corrected chi connectivity index (χ3v) is 5.73. The van der Waals surface area contributed by atoms with Crippen LogP contribution < -0.4 is 14.8 Å². The molecule has 0 fully saturated rings. The number of carbonyl (C=O) groups is 1. The third-order valence-electron chi connectivity index (χ3n) is 5.73. The molecule has 0 atom stereocenters. The minimum atomic E-state index is -0.116. The number of carbonyl (C=O) groups excluding carboxylic acids is 1. The Bertz CT molecular complexity index is 1250. The van der Waals surface area contributed by atoms with Gasteiger partial charge in [-0.05, 0) is 67.8 Å². The number of aryl methyl sites for hydroxylation is 2. The SMILES string of the molecule is COc1cccc(C(=O)NCCc2nc3ccccc3n2CCCCOc2cccc(C)c2)c1. The monoisotopic (exact) mass is 457 g/mol. The van der Waals surface area contributed by atoms with Crippen LogP contribution in [-0.4, -0.2) is 35.7 Å². The minimum absolute atomic E-state index is 0.116. The Morgan fingerprint density at radius 1 is 0.971 bits per heavy atom. The first-order valence-corrected chi connectivity index (χ1v) is 11.7. The van der Waals surface area contributed by atoms with Gasteiger partial charge in [-0.2, -0.15) is 0 Å². The summed E-state index contributed by atoms with van der Waals surface area (Å²) < 4.78 is 13.4. The summed E-state index contributed by atoms with van der Waals surface area (Å²) in [5.41, 5.74) is 3.89. The molecule has 0 aliphatic rings. The number of para-hydroxylation sites is 2. The van der Waals surface area contributed by atoms with Gasteiger partial charge < -0.3 is 19.4 Å². The van der Waals surface area contributed by atoms with Gasteiger partial charge >= 0.3 is 0 Å². The Morgan fingerprint density at radius 2 is 1.79 bits per heavy atom. The number of unbranched alkanes of at least 4 members (excludes halogenated alkanes) is 1.